The molecular formula is C31H36N4O2. The molecule has 0 spiro atoms. The monoisotopic (exact) mass is 496 g/mol. The van der Waals surface area contributed by atoms with E-state index in [4.69, 9.17) is 5.26 Å². The van der Waals surface area contributed by atoms with Crippen LogP contribution in [0.25, 0.3) is 0 Å². The number of aromatic hydroxyl groups is 1. The molecule has 0 radical (unpaired) electrons. The summed E-state index contributed by atoms with van der Waals surface area (Å²) in [6, 6.07) is 23.7. The molecule has 3 aromatic rings. The fourth-order valence-corrected chi connectivity index (χ4v) is 5.11. The van der Waals surface area contributed by atoms with Crippen molar-refractivity contribution in [2.24, 2.45) is 0 Å². The van der Waals surface area contributed by atoms with Crippen molar-refractivity contribution in [3.8, 4) is 11.8 Å². The summed E-state index contributed by atoms with van der Waals surface area (Å²) in [4.78, 5) is 17.4. The van der Waals surface area contributed by atoms with Crippen molar-refractivity contribution in [3.05, 3.63) is 94.5 Å². The van der Waals surface area contributed by atoms with Gasteiger partial charge in [-0.3, -0.25) is 9.69 Å². The highest BCUT2D eigenvalue weighted by Gasteiger charge is 2.30. The number of piperazine rings is 1. The number of carbonyl (C=O) groups excluding carboxylic acids is 1. The van der Waals surface area contributed by atoms with Gasteiger partial charge >= 0.3 is 0 Å². The standard InChI is InChI=1S/C31H36N4O2/c1-4-15-33-31(37)27-11-14-29(22(2)18-27)35-17-16-34(21-30(35)26-9-12-28(36)13-10-26)20-23(3)25-7-5-24(19-32)6-8-25/h5-14,18,23,30,36H,4,15-17,20-21H2,1-3H3,(H,33,37)/t23?,30-/m0/s1. The number of phenols is 1. The van der Waals surface area contributed by atoms with Crippen LogP contribution in [-0.4, -0.2) is 48.6 Å². The minimum atomic E-state index is -0.0341. The Hall–Kier alpha value is -3.82. The molecule has 1 aliphatic rings. The second kappa shape index (κ2) is 11.9. The van der Waals surface area contributed by atoms with Gasteiger partial charge in [-0.25, -0.2) is 0 Å². The fourth-order valence-electron chi connectivity index (χ4n) is 5.11. The number of benzene rings is 3. The van der Waals surface area contributed by atoms with Gasteiger partial charge in [0, 0.05) is 44.0 Å². The van der Waals surface area contributed by atoms with Crippen LogP contribution < -0.4 is 10.2 Å². The number of anilines is 1. The van der Waals surface area contributed by atoms with E-state index in [-0.39, 0.29) is 17.7 Å². The van der Waals surface area contributed by atoms with Crippen LogP contribution in [0.5, 0.6) is 5.75 Å². The van der Waals surface area contributed by atoms with Crippen molar-refractivity contribution in [1.82, 2.24) is 10.2 Å². The van der Waals surface area contributed by atoms with Gasteiger partial charge in [-0.15, -0.1) is 0 Å². The molecule has 6 nitrogen and oxygen atoms in total. The van der Waals surface area contributed by atoms with Gasteiger partial charge in [0.1, 0.15) is 5.75 Å². The molecule has 1 unspecified atom stereocenters. The average Bonchev–Trinajstić information content (AvgIpc) is 2.92. The van der Waals surface area contributed by atoms with Gasteiger partial charge in [-0.05, 0) is 78.4 Å². The minimum Gasteiger partial charge on any atom is -0.508 e. The van der Waals surface area contributed by atoms with Crippen molar-refractivity contribution in [3.63, 3.8) is 0 Å². The summed E-state index contributed by atoms with van der Waals surface area (Å²) in [7, 11) is 0. The molecular weight excluding hydrogens is 460 g/mol. The molecule has 4 rings (SSSR count). The Kier molecular flexibility index (Phi) is 8.47. The Balaban J connectivity index is 1.55. The first kappa shape index (κ1) is 26.2. The number of nitrogens with one attached hydrogen (secondary N) is 1. The van der Waals surface area contributed by atoms with Gasteiger partial charge in [-0.1, -0.05) is 38.1 Å². The Labute approximate surface area is 220 Å². The maximum Gasteiger partial charge on any atom is 0.251 e. The normalized spacial score (nSPS) is 16.7. The van der Waals surface area contributed by atoms with E-state index in [1.807, 2.05) is 43.3 Å². The number of hydrogen-bond donors (Lipinski definition) is 2. The first-order chi connectivity index (χ1) is 17.9. The Morgan fingerprint density at radius 1 is 1.11 bits per heavy atom. The largest absolute Gasteiger partial charge is 0.508 e. The average molecular weight is 497 g/mol. The molecule has 1 saturated heterocycles. The van der Waals surface area contributed by atoms with E-state index in [0.29, 0.717) is 23.6 Å². The van der Waals surface area contributed by atoms with Crippen LogP contribution in [-0.2, 0) is 0 Å². The third kappa shape index (κ3) is 6.31. The molecule has 192 valence electrons. The topological polar surface area (TPSA) is 79.6 Å². The van der Waals surface area contributed by atoms with E-state index in [0.717, 1.165) is 49.4 Å². The number of nitrogens with zero attached hydrogens (tertiary/aromatic N) is 3. The Bertz CT molecular complexity index is 1250. The predicted octanol–water partition coefficient (Wildman–Crippen LogP) is 5.38. The van der Waals surface area contributed by atoms with Crippen molar-refractivity contribution in [2.45, 2.75) is 39.2 Å². The number of phenolic OH excluding ortho intramolecular Hbond substituents is 1. The van der Waals surface area contributed by atoms with Crippen molar-refractivity contribution >= 4 is 11.6 Å². The molecule has 0 aromatic heterocycles. The lowest BCUT2D eigenvalue weighted by Crippen LogP contribution is -2.49. The van der Waals surface area contributed by atoms with Crippen LogP contribution in [0.15, 0.2) is 66.7 Å². The van der Waals surface area contributed by atoms with E-state index in [1.165, 1.54) is 5.56 Å². The van der Waals surface area contributed by atoms with E-state index in [1.54, 1.807) is 12.1 Å². The van der Waals surface area contributed by atoms with E-state index >= 15 is 0 Å². The van der Waals surface area contributed by atoms with Gasteiger partial charge in [0.2, 0.25) is 0 Å². The fraction of sp³-hybridized carbons (Fsp3) is 0.355. The molecule has 6 heteroatoms. The van der Waals surface area contributed by atoms with Crippen LogP contribution in [0.2, 0.25) is 0 Å². The zero-order valence-corrected chi connectivity index (χ0v) is 21.9. The summed E-state index contributed by atoms with van der Waals surface area (Å²) in [5.74, 6) is 0.562. The SMILES string of the molecule is CCCNC(=O)c1ccc(N2CCN(CC(C)c3ccc(C#N)cc3)C[C@H]2c2ccc(O)cc2)c(C)c1. The number of aryl methyl sites for hydroxylation is 1. The Morgan fingerprint density at radius 2 is 1.84 bits per heavy atom. The summed E-state index contributed by atoms with van der Waals surface area (Å²) in [6.07, 6.45) is 0.908. The molecule has 2 atom stereocenters. The van der Waals surface area contributed by atoms with Crippen LogP contribution in [0.4, 0.5) is 5.69 Å². The molecule has 1 heterocycles. The maximum absolute atomic E-state index is 12.5. The third-order valence-corrected chi connectivity index (χ3v) is 7.19. The predicted molar refractivity (Wildman–Crippen MR) is 148 cm³/mol. The van der Waals surface area contributed by atoms with E-state index < -0.39 is 0 Å². The second-order valence-electron chi connectivity index (χ2n) is 9.95. The number of rotatable bonds is 8. The summed E-state index contributed by atoms with van der Waals surface area (Å²) in [5.41, 5.74) is 5.96. The molecule has 0 saturated carbocycles. The first-order valence-electron chi connectivity index (χ1n) is 13.1. The lowest BCUT2D eigenvalue weighted by molar-refractivity contribution is 0.0953. The van der Waals surface area contributed by atoms with Gasteiger partial charge in [0.15, 0.2) is 0 Å². The molecule has 37 heavy (non-hydrogen) atoms. The smallest absolute Gasteiger partial charge is 0.251 e. The second-order valence-corrected chi connectivity index (χ2v) is 9.95. The number of hydrogen-bond acceptors (Lipinski definition) is 5. The highest BCUT2D eigenvalue weighted by molar-refractivity contribution is 5.94. The van der Waals surface area contributed by atoms with Crippen molar-refractivity contribution < 1.29 is 9.90 Å². The maximum atomic E-state index is 12.5. The molecule has 1 fully saturated rings. The summed E-state index contributed by atoms with van der Waals surface area (Å²) in [6.45, 7) is 10.6. The lowest BCUT2D eigenvalue weighted by Gasteiger charge is -2.44. The van der Waals surface area contributed by atoms with Crippen LogP contribution in [0.3, 0.4) is 0 Å². The van der Waals surface area contributed by atoms with Crippen molar-refractivity contribution in [2.75, 3.05) is 37.6 Å². The number of amides is 1. The zero-order chi connectivity index (χ0) is 26.4. The van der Waals surface area contributed by atoms with Crippen molar-refractivity contribution in [1.29, 1.82) is 5.26 Å². The molecule has 2 N–H and O–H groups in total. The minimum absolute atomic E-state index is 0.0341. The highest BCUT2D eigenvalue weighted by Crippen LogP contribution is 2.34. The van der Waals surface area contributed by atoms with Crippen LogP contribution in [0.1, 0.15) is 64.8 Å². The quantitative estimate of drug-likeness (QED) is 0.438. The first-order valence-corrected chi connectivity index (χ1v) is 13.1. The van der Waals surface area contributed by atoms with Crippen LogP contribution >= 0.6 is 0 Å². The Morgan fingerprint density at radius 3 is 2.49 bits per heavy atom. The highest BCUT2D eigenvalue weighted by atomic mass is 16.3. The van der Waals surface area contributed by atoms with Gasteiger partial charge in [0.05, 0.1) is 17.7 Å². The molecule has 1 aliphatic heterocycles. The molecule has 0 aliphatic carbocycles. The molecule has 1 amide bonds. The lowest BCUT2D eigenvalue weighted by atomic mass is 9.96. The van der Waals surface area contributed by atoms with E-state index in [9.17, 15) is 9.90 Å². The third-order valence-electron chi connectivity index (χ3n) is 7.19. The van der Waals surface area contributed by atoms with E-state index in [2.05, 4.69) is 53.2 Å². The number of nitriles is 1. The number of carbonyl (C=O) groups is 1. The molecule has 0 bridgehead atoms. The van der Waals surface area contributed by atoms with Gasteiger partial charge < -0.3 is 15.3 Å². The summed E-state index contributed by atoms with van der Waals surface area (Å²) < 4.78 is 0. The van der Waals surface area contributed by atoms with Gasteiger partial charge in [0.25, 0.3) is 5.91 Å². The molecule has 3 aromatic carbocycles. The van der Waals surface area contributed by atoms with Gasteiger partial charge in [-0.2, -0.15) is 5.26 Å². The summed E-state index contributed by atoms with van der Waals surface area (Å²) in [5, 5.41) is 21.9. The summed E-state index contributed by atoms with van der Waals surface area (Å²) >= 11 is 0. The zero-order valence-electron chi connectivity index (χ0n) is 21.9. The van der Waals surface area contributed by atoms with Crippen LogP contribution in [0, 0.1) is 18.3 Å².